The Hall–Kier alpha value is -3.53. The Morgan fingerprint density at radius 1 is 1.06 bits per heavy atom. The van der Waals surface area contributed by atoms with Crippen molar-refractivity contribution in [1.29, 1.82) is 0 Å². The van der Waals surface area contributed by atoms with Crippen molar-refractivity contribution in [2.45, 2.75) is 23.9 Å². The highest BCUT2D eigenvalue weighted by Gasteiger charge is 2.29. The van der Waals surface area contributed by atoms with Gasteiger partial charge < -0.3 is 5.11 Å². The van der Waals surface area contributed by atoms with Crippen LogP contribution < -0.4 is 5.69 Å². The molecule has 0 aliphatic rings. The summed E-state index contributed by atoms with van der Waals surface area (Å²) >= 11 is -0.244. The van der Waals surface area contributed by atoms with E-state index < -0.39 is 11.2 Å². The molecule has 0 saturated heterocycles. The molecule has 164 valence electrons. The molecule has 10 heteroatoms. The van der Waals surface area contributed by atoms with E-state index in [4.69, 9.17) is 0 Å². The Balaban J connectivity index is 1.71. The fourth-order valence-corrected chi connectivity index (χ4v) is 3.88. The Bertz CT molecular complexity index is 1300. The average Bonchev–Trinajstić information content (AvgIpc) is 2.97. The number of hydrogen-bond donors (Lipinski definition) is 1. The summed E-state index contributed by atoms with van der Waals surface area (Å²) in [5.74, 6) is -0.278. The number of alkyl halides is 3. The van der Waals surface area contributed by atoms with Crippen LogP contribution in [0.25, 0.3) is 16.9 Å². The zero-order valence-corrected chi connectivity index (χ0v) is 17.6. The lowest BCUT2D eigenvalue weighted by Gasteiger charge is -2.10. The summed E-state index contributed by atoms with van der Waals surface area (Å²) in [6.45, 7) is 1.75. The SMILES string of the molecule is Cc1c(O)n(-c2ccc(SC(F)(F)F)cc2)c(=O)n1Cc1ccncc1-c1ccccn1. The van der Waals surface area contributed by atoms with Crippen LogP contribution >= 0.6 is 11.8 Å². The molecule has 4 rings (SSSR count). The number of aromatic nitrogens is 4. The summed E-state index contributed by atoms with van der Waals surface area (Å²) in [6, 6.07) is 12.5. The van der Waals surface area contributed by atoms with Gasteiger partial charge in [-0.05, 0) is 66.7 Å². The summed E-state index contributed by atoms with van der Waals surface area (Å²) in [5.41, 5.74) is -2.11. The largest absolute Gasteiger partial charge is 0.493 e. The van der Waals surface area contributed by atoms with Crippen molar-refractivity contribution in [3.05, 3.63) is 88.9 Å². The first-order valence-corrected chi connectivity index (χ1v) is 10.3. The van der Waals surface area contributed by atoms with E-state index in [1.54, 1.807) is 37.6 Å². The quantitative estimate of drug-likeness (QED) is 0.436. The Labute approximate surface area is 185 Å². The van der Waals surface area contributed by atoms with Crippen LogP contribution in [0.3, 0.4) is 0 Å². The van der Waals surface area contributed by atoms with Gasteiger partial charge in [-0.25, -0.2) is 9.36 Å². The third-order valence-electron chi connectivity index (χ3n) is 4.87. The molecule has 0 amide bonds. The number of thioether (sulfide) groups is 1. The molecule has 1 aromatic carbocycles. The maximum atomic E-state index is 13.1. The van der Waals surface area contributed by atoms with E-state index >= 15 is 0 Å². The van der Waals surface area contributed by atoms with E-state index in [0.29, 0.717) is 11.4 Å². The smallest absolute Gasteiger partial charge is 0.446 e. The lowest BCUT2D eigenvalue weighted by Crippen LogP contribution is -2.24. The standard InChI is InChI=1S/C22H17F3N4O2S/c1-14-20(30)29(16-5-7-17(8-6-16)32-22(23,24)25)21(31)28(14)13-15-9-11-26-12-18(15)19-4-2-3-10-27-19/h2-12,30H,13H2,1H3. The van der Waals surface area contributed by atoms with E-state index in [1.165, 1.54) is 28.8 Å². The molecule has 0 radical (unpaired) electrons. The summed E-state index contributed by atoms with van der Waals surface area (Å²) in [7, 11) is 0. The third-order valence-corrected chi connectivity index (χ3v) is 5.61. The molecule has 0 fully saturated rings. The van der Waals surface area contributed by atoms with Gasteiger partial charge in [0.1, 0.15) is 0 Å². The highest BCUT2D eigenvalue weighted by molar-refractivity contribution is 8.00. The summed E-state index contributed by atoms with van der Waals surface area (Å²) < 4.78 is 40.2. The number of aromatic hydroxyl groups is 1. The predicted octanol–water partition coefficient (Wildman–Crippen LogP) is 4.77. The molecule has 0 spiro atoms. The van der Waals surface area contributed by atoms with Crippen LogP contribution in [0.1, 0.15) is 11.3 Å². The minimum atomic E-state index is -4.41. The van der Waals surface area contributed by atoms with E-state index in [1.807, 2.05) is 12.1 Å². The second-order valence-corrected chi connectivity index (χ2v) is 8.04. The molecule has 0 atom stereocenters. The van der Waals surface area contributed by atoms with Crippen molar-refractivity contribution in [2.24, 2.45) is 0 Å². The van der Waals surface area contributed by atoms with Gasteiger partial charge in [0, 0.05) is 29.0 Å². The molecule has 0 aliphatic heterocycles. The molecule has 4 aromatic rings. The number of nitrogens with zero attached hydrogens (tertiary/aromatic N) is 4. The molecule has 3 aromatic heterocycles. The second kappa shape index (κ2) is 8.54. The zero-order valence-electron chi connectivity index (χ0n) is 16.7. The molecular formula is C22H17F3N4O2S. The van der Waals surface area contributed by atoms with Gasteiger partial charge >= 0.3 is 11.2 Å². The van der Waals surface area contributed by atoms with Gasteiger partial charge in [0.15, 0.2) is 0 Å². The number of rotatable bonds is 5. The van der Waals surface area contributed by atoms with Crippen LogP contribution in [-0.2, 0) is 6.54 Å². The maximum Gasteiger partial charge on any atom is 0.446 e. The van der Waals surface area contributed by atoms with Crippen LogP contribution in [-0.4, -0.2) is 29.7 Å². The highest BCUT2D eigenvalue weighted by Crippen LogP contribution is 2.37. The monoisotopic (exact) mass is 458 g/mol. The molecule has 0 unspecified atom stereocenters. The summed E-state index contributed by atoms with van der Waals surface area (Å²) in [5, 5.41) is 10.6. The van der Waals surface area contributed by atoms with Gasteiger partial charge in [-0.2, -0.15) is 13.2 Å². The second-order valence-electron chi connectivity index (χ2n) is 6.90. The maximum absolute atomic E-state index is 13.1. The molecule has 0 aliphatic carbocycles. The molecule has 3 heterocycles. The Morgan fingerprint density at radius 3 is 2.47 bits per heavy atom. The van der Waals surface area contributed by atoms with Crippen LogP contribution in [0.5, 0.6) is 5.88 Å². The number of benzene rings is 1. The van der Waals surface area contributed by atoms with Crippen molar-refractivity contribution in [3.63, 3.8) is 0 Å². The lowest BCUT2D eigenvalue weighted by atomic mass is 10.1. The van der Waals surface area contributed by atoms with Gasteiger partial charge in [0.05, 0.1) is 23.6 Å². The highest BCUT2D eigenvalue weighted by atomic mass is 32.2. The number of hydrogen-bond acceptors (Lipinski definition) is 5. The first kappa shape index (κ1) is 21.7. The van der Waals surface area contributed by atoms with Gasteiger partial charge in [0.25, 0.3) is 0 Å². The zero-order chi connectivity index (χ0) is 22.9. The molecule has 32 heavy (non-hydrogen) atoms. The first-order valence-electron chi connectivity index (χ1n) is 9.46. The van der Waals surface area contributed by atoms with Crippen molar-refractivity contribution in [2.75, 3.05) is 0 Å². The predicted molar refractivity (Wildman–Crippen MR) is 115 cm³/mol. The van der Waals surface area contributed by atoms with Crippen molar-refractivity contribution in [3.8, 4) is 22.8 Å². The van der Waals surface area contributed by atoms with Crippen LogP contribution in [0.4, 0.5) is 13.2 Å². The van der Waals surface area contributed by atoms with Gasteiger partial charge in [-0.1, -0.05) is 6.07 Å². The molecule has 0 bridgehead atoms. The fraction of sp³-hybridized carbons (Fsp3) is 0.136. The molecular weight excluding hydrogens is 441 g/mol. The van der Waals surface area contributed by atoms with Crippen molar-refractivity contribution in [1.82, 2.24) is 19.1 Å². The fourth-order valence-electron chi connectivity index (χ4n) is 3.34. The first-order chi connectivity index (χ1) is 15.2. The van der Waals surface area contributed by atoms with Crippen LogP contribution in [0.2, 0.25) is 0 Å². The normalized spacial score (nSPS) is 11.6. The molecule has 1 N–H and O–H groups in total. The Kier molecular flexibility index (Phi) is 5.79. The van der Waals surface area contributed by atoms with E-state index in [0.717, 1.165) is 15.7 Å². The minimum absolute atomic E-state index is 0.0123. The minimum Gasteiger partial charge on any atom is -0.493 e. The molecule has 6 nitrogen and oxygen atoms in total. The summed E-state index contributed by atoms with van der Waals surface area (Å²) in [4.78, 5) is 21.6. The third kappa shape index (κ3) is 4.40. The summed E-state index contributed by atoms with van der Waals surface area (Å²) in [6.07, 6.45) is 4.93. The number of halogens is 3. The number of imidazole rings is 1. The van der Waals surface area contributed by atoms with Gasteiger partial charge in [-0.15, -0.1) is 0 Å². The Morgan fingerprint density at radius 2 is 1.81 bits per heavy atom. The molecule has 0 saturated carbocycles. The van der Waals surface area contributed by atoms with Crippen LogP contribution in [0.15, 0.2) is 76.8 Å². The average molecular weight is 458 g/mol. The lowest BCUT2D eigenvalue weighted by molar-refractivity contribution is -0.0328. The van der Waals surface area contributed by atoms with Crippen molar-refractivity contribution < 1.29 is 18.3 Å². The topological polar surface area (TPSA) is 72.9 Å². The van der Waals surface area contributed by atoms with Crippen LogP contribution in [0, 0.1) is 6.92 Å². The number of pyridine rings is 2. The van der Waals surface area contributed by atoms with Gasteiger partial charge in [0.2, 0.25) is 5.88 Å². The van der Waals surface area contributed by atoms with Crippen molar-refractivity contribution >= 4 is 11.8 Å². The van der Waals surface area contributed by atoms with E-state index in [-0.39, 0.29) is 34.8 Å². The van der Waals surface area contributed by atoms with Gasteiger partial charge in [-0.3, -0.25) is 14.5 Å². The van der Waals surface area contributed by atoms with E-state index in [9.17, 15) is 23.1 Å². The van der Waals surface area contributed by atoms with E-state index in [2.05, 4.69) is 9.97 Å².